The Bertz CT molecular complexity index is 634. The van der Waals surface area contributed by atoms with Gasteiger partial charge in [-0.05, 0) is 29.4 Å². The van der Waals surface area contributed by atoms with Crippen LogP contribution in [0.4, 0.5) is 0 Å². The van der Waals surface area contributed by atoms with E-state index in [4.69, 9.17) is 10.7 Å². The maximum absolute atomic E-state index is 5.65. The minimum atomic E-state index is 0.598. The zero-order valence-electron chi connectivity index (χ0n) is 11.4. The van der Waals surface area contributed by atoms with Gasteiger partial charge in [-0.15, -0.1) is 0 Å². The van der Waals surface area contributed by atoms with Crippen LogP contribution in [-0.4, -0.2) is 18.8 Å². The monoisotopic (exact) mass is 262 g/mol. The molecule has 2 unspecified atom stereocenters. The number of hydrogen-bond donors (Lipinski definition) is 1. The van der Waals surface area contributed by atoms with Crippen molar-refractivity contribution in [2.75, 3.05) is 13.1 Å². The summed E-state index contributed by atoms with van der Waals surface area (Å²) in [6.07, 6.45) is 1.28. The molecule has 1 fully saturated rings. The van der Waals surface area contributed by atoms with Gasteiger partial charge in [-0.3, -0.25) is 4.99 Å². The summed E-state index contributed by atoms with van der Waals surface area (Å²) in [4.78, 5) is 4.79. The zero-order chi connectivity index (χ0) is 13.5. The first kappa shape index (κ1) is 11.9. The van der Waals surface area contributed by atoms with Gasteiger partial charge in [-0.2, -0.15) is 0 Å². The molecule has 2 aromatic carbocycles. The Kier molecular flexibility index (Phi) is 2.71. The van der Waals surface area contributed by atoms with Gasteiger partial charge in [0.1, 0.15) is 0 Å². The molecule has 2 nitrogen and oxygen atoms in total. The highest BCUT2D eigenvalue weighted by Crippen LogP contribution is 2.58. The first-order chi connectivity index (χ1) is 9.90. The van der Waals surface area contributed by atoms with Crippen molar-refractivity contribution < 1.29 is 0 Å². The molecule has 2 aliphatic carbocycles. The molecule has 2 N–H and O–H groups in total. The highest BCUT2D eigenvalue weighted by molar-refractivity contribution is 6.15. The molecule has 20 heavy (non-hydrogen) atoms. The molecule has 0 spiro atoms. The second-order valence-electron chi connectivity index (χ2n) is 5.64. The van der Waals surface area contributed by atoms with Crippen LogP contribution in [0.5, 0.6) is 0 Å². The first-order valence-corrected chi connectivity index (χ1v) is 7.33. The number of nitrogens with zero attached hydrogens (tertiary/aromatic N) is 1. The van der Waals surface area contributed by atoms with Crippen LogP contribution in [0.1, 0.15) is 40.5 Å². The second-order valence-corrected chi connectivity index (χ2v) is 5.64. The van der Waals surface area contributed by atoms with E-state index in [2.05, 4.69) is 48.5 Å². The third kappa shape index (κ3) is 1.72. The SMILES string of the molecule is NCCN=C1c2ccccc2C2CC2c2ccccc21. The summed E-state index contributed by atoms with van der Waals surface area (Å²) in [6, 6.07) is 17.5. The maximum atomic E-state index is 5.65. The van der Waals surface area contributed by atoms with Gasteiger partial charge >= 0.3 is 0 Å². The van der Waals surface area contributed by atoms with Crippen LogP contribution in [0.25, 0.3) is 0 Å². The highest BCUT2D eigenvalue weighted by atomic mass is 14.8. The van der Waals surface area contributed by atoms with E-state index in [1.54, 1.807) is 0 Å². The molecule has 0 radical (unpaired) electrons. The molecule has 0 amide bonds. The molecule has 2 aliphatic rings. The van der Waals surface area contributed by atoms with Gasteiger partial charge < -0.3 is 5.73 Å². The number of benzene rings is 2. The average molecular weight is 262 g/mol. The minimum absolute atomic E-state index is 0.598. The van der Waals surface area contributed by atoms with Crippen molar-refractivity contribution in [2.45, 2.75) is 18.3 Å². The smallest absolute Gasteiger partial charge is 0.0725 e. The van der Waals surface area contributed by atoms with Gasteiger partial charge in [0.05, 0.1) is 12.3 Å². The van der Waals surface area contributed by atoms with Crippen LogP contribution in [0.15, 0.2) is 53.5 Å². The van der Waals surface area contributed by atoms with Gasteiger partial charge in [-0.25, -0.2) is 0 Å². The lowest BCUT2D eigenvalue weighted by Crippen LogP contribution is -2.11. The molecule has 100 valence electrons. The van der Waals surface area contributed by atoms with Crippen LogP contribution in [0, 0.1) is 0 Å². The van der Waals surface area contributed by atoms with E-state index in [1.165, 1.54) is 28.7 Å². The van der Waals surface area contributed by atoms with Crippen molar-refractivity contribution in [3.05, 3.63) is 70.8 Å². The Morgan fingerprint density at radius 2 is 1.45 bits per heavy atom. The lowest BCUT2D eigenvalue weighted by molar-refractivity contribution is 0.975. The summed E-state index contributed by atoms with van der Waals surface area (Å²) in [7, 11) is 0. The lowest BCUT2D eigenvalue weighted by atomic mass is 9.95. The molecule has 0 bridgehead atoms. The van der Waals surface area contributed by atoms with Crippen LogP contribution in [0.2, 0.25) is 0 Å². The third-order valence-electron chi connectivity index (χ3n) is 4.42. The quantitative estimate of drug-likeness (QED) is 0.887. The molecule has 0 aliphatic heterocycles. The predicted molar refractivity (Wildman–Crippen MR) is 82.5 cm³/mol. The van der Waals surface area contributed by atoms with Crippen LogP contribution >= 0.6 is 0 Å². The van der Waals surface area contributed by atoms with Crippen molar-refractivity contribution in [3.8, 4) is 0 Å². The first-order valence-electron chi connectivity index (χ1n) is 7.33. The summed E-state index contributed by atoms with van der Waals surface area (Å²) in [5.74, 6) is 1.36. The van der Waals surface area contributed by atoms with Crippen molar-refractivity contribution >= 4 is 5.71 Å². The fraction of sp³-hybridized carbons (Fsp3) is 0.278. The van der Waals surface area contributed by atoms with Gasteiger partial charge in [0.15, 0.2) is 0 Å². The van der Waals surface area contributed by atoms with Gasteiger partial charge in [0.2, 0.25) is 0 Å². The maximum Gasteiger partial charge on any atom is 0.0725 e. The standard InChI is InChI=1S/C18H18N2/c19-9-10-20-18-14-7-3-1-5-12(14)16-11-17(16)13-6-2-4-8-15(13)18/h1-8,16-17H,9-11,19H2. The zero-order valence-corrected chi connectivity index (χ0v) is 11.4. The van der Waals surface area contributed by atoms with E-state index in [1.807, 2.05) is 0 Å². The molecular weight excluding hydrogens is 244 g/mol. The molecule has 2 atom stereocenters. The van der Waals surface area contributed by atoms with E-state index < -0.39 is 0 Å². The fourth-order valence-electron chi connectivity index (χ4n) is 3.45. The highest BCUT2D eigenvalue weighted by Gasteiger charge is 2.44. The Morgan fingerprint density at radius 1 is 0.900 bits per heavy atom. The summed E-state index contributed by atoms with van der Waals surface area (Å²) < 4.78 is 0. The summed E-state index contributed by atoms with van der Waals surface area (Å²) >= 11 is 0. The number of rotatable bonds is 2. The Balaban J connectivity index is 1.97. The molecule has 0 aromatic heterocycles. The molecule has 1 saturated carbocycles. The van der Waals surface area contributed by atoms with E-state index >= 15 is 0 Å². The Morgan fingerprint density at radius 3 is 2.00 bits per heavy atom. The number of fused-ring (bicyclic) bond motifs is 5. The molecule has 2 aromatic rings. The van der Waals surface area contributed by atoms with Gasteiger partial charge in [0.25, 0.3) is 0 Å². The predicted octanol–water partition coefficient (Wildman–Crippen LogP) is 3.07. The van der Waals surface area contributed by atoms with Crippen molar-refractivity contribution in [1.82, 2.24) is 0 Å². The van der Waals surface area contributed by atoms with Gasteiger partial charge in [0, 0.05) is 17.7 Å². The van der Waals surface area contributed by atoms with Crippen LogP contribution in [0.3, 0.4) is 0 Å². The summed E-state index contributed by atoms with van der Waals surface area (Å²) in [6.45, 7) is 1.29. The Labute approximate surface area is 119 Å². The third-order valence-corrected chi connectivity index (χ3v) is 4.42. The topological polar surface area (TPSA) is 38.4 Å². The van der Waals surface area contributed by atoms with Crippen molar-refractivity contribution in [1.29, 1.82) is 0 Å². The Hall–Kier alpha value is -1.93. The second kappa shape index (κ2) is 4.57. The van der Waals surface area contributed by atoms with E-state index in [0.29, 0.717) is 24.9 Å². The van der Waals surface area contributed by atoms with Gasteiger partial charge in [-0.1, -0.05) is 48.5 Å². The van der Waals surface area contributed by atoms with E-state index in [9.17, 15) is 0 Å². The van der Waals surface area contributed by atoms with E-state index in [-0.39, 0.29) is 0 Å². The number of aliphatic imine (C=N–C) groups is 1. The van der Waals surface area contributed by atoms with Crippen molar-refractivity contribution in [2.24, 2.45) is 10.7 Å². The molecular formula is C18H18N2. The molecule has 4 rings (SSSR count). The normalized spacial score (nSPS) is 22.4. The van der Waals surface area contributed by atoms with Crippen molar-refractivity contribution in [3.63, 3.8) is 0 Å². The van der Waals surface area contributed by atoms with E-state index in [0.717, 1.165) is 5.71 Å². The average Bonchev–Trinajstić information content (AvgIpc) is 3.28. The molecule has 0 saturated heterocycles. The minimum Gasteiger partial charge on any atom is -0.329 e. The molecule has 0 heterocycles. The van der Waals surface area contributed by atoms with Crippen LogP contribution < -0.4 is 5.73 Å². The van der Waals surface area contributed by atoms with Crippen LogP contribution in [-0.2, 0) is 0 Å². The fourth-order valence-corrected chi connectivity index (χ4v) is 3.45. The summed E-state index contributed by atoms with van der Waals surface area (Å²) in [5, 5.41) is 0. The number of nitrogens with two attached hydrogens (primary N) is 1. The number of hydrogen-bond acceptors (Lipinski definition) is 2. The molecule has 2 heteroatoms. The largest absolute Gasteiger partial charge is 0.329 e. The summed E-state index contributed by atoms with van der Waals surface area (Å²) in [5.41, 5.74) is 12.3. The lowest BCUT2D eigenvalue weighted by Gasteiger charge is -2.12.